The van der Waals surface area contributed by atoms with Crippen molar-refractivity contribution in [3.8, 4) is 11.5 Å². The Morgan fingerprint density at radius 2 is 1.86 bits per heavy atom. The number of rotatable bonds is 6. The summed E-state index contributed by atoms with van der Waals surface area (Å²) >= 11 is 0. The molecule has 0 aromatic heterocycles. The van der Waals surface area contributed by atoms with Crippen LogP contribution in [0, 0.1) is 0 Å². The summed E-state index contributed by atoms with van der Waals surface area (Å²) in [6, 6.07) is 13.0. The molecule has 0 unspecified atom stereocenters. The third-order valence-electron chi connectivity index (χ3n) is 4.96. The van der Waals surface area contributed by atoms with E-state index in [2.05, 4.69) is 11.4 Å². The van der Waals surface area contributed by atoms with Gasteiger partial charge in [-0.05, 0) is 49.4 Å². The number of methoxy groups -OCH3 is 2. The molecule has 2 atom stereocenters. The molecular weight excluding hydrogens is 358 g/mol. The number of nitrogens with one attached hydrogen (secondary N) is 1. The van der Waals surface area contributed by atoms with Crippen molar-refractivity contribution in [2.24, 2.45) is 0 Å². The fourth-order valence-electron chi connectivity index (χ4n) is 3.52. The van der Waals surface area contributed by atoms with Gasteiger partial charge in [-0.1, -0.05) is 30.3 Å². The van der Waals surface area contributed by atoms with Gasteiger partial charge in [-0.25, -0.2) is 4.79 Å². The van der Waals surface area contributed by atoms with Crippen molar-refractivity contribution in [3.05, 3.63) is 59.2 Å². The lowest BCUT2D eigenvalue weighted by Gasteiger charge is -2.27. The first-order chi connectivity index (χ1) is 13.5. The molecule has 3 rings (SSSR count). The van der Waals surface area contributed by atoms with E-state index in [0.29, 0.717) is 5.75 Å². The first kappa shape index (κ1) is 19.7. The Balaban J connectivity index is 1.68. The van der Waals surface area contributed by atoms with Crippen LogP contribution in [0.4, 0.5) is 0 Å². The fraction of sp³-hybridized carbons (Fsp3) is 0.364. The van der Waals surface area contributed by atoms with E-state index in [1.54, 1.807) is 25.1 Å². The molecule has 2 aromatic carbocycles. The van der Waals surface area contributed by atoms with Gasteiger partial charge in [0, 0.05) is 0 Å². The summed E-state index contributed by atoms with van der Waals surface area (Å²) < 4.78 is 15.8. The minimum Gasteiger partial charge on any atom is -0.493 e. The van der Waals surface area contributed by atoms with Crippen LogP contribution in [0.1, 0.15) is 47.3 Å². The number of ether oxygens (including phenoxy) is 3. The minimum absolute atomic E-state index is 0.0649. The largest absolute Gasteiger partial charge is 0.493 e. The summed E-state index contributed by atoms with van der Waals surface area (Å²) in [5, 5.41) is 3.01. The lowest BCUT2D eigenvalue weighted by molar-refractivity contribution is -0.130. The van der Waals surface area contributed by atoms with Gasteiger partial charge in [-0.2, -0.15) is 0 Å². The number of hydrogen-bond acceptors (Lipinski definition) is 5. The van der Waals surface area contributed by atoms with Gasteiger partial charge in [-0.15, -0.1) is 0 Å². The topological polar surface area (TPSA) is 73.9 Å². The van der Waals surface area contributed by atoms with Crippen LogP contribution >= 0.6 is 0 Å². The van der Waals surface area contributed by atoms with Crippen LogP contribution in [0.25, 0.3) is 0 Å². The number of amides is 1. The summed E-state index contributed by atoms with van der Waals surface area (Å²) in [5.41, 5.74) is 2.60. The molecule has 0 saturated carbocycles. The average Bonchev–Trinajstić information content (AvgIpc) is 2.73. The predicted octanol–water partition coefficient (Wildman–Crippen LogP) is 3.44. The Morgan fingerprint density at radius 1 is 1.07 bits per heavy atom. The van der Waals surface area contributed by atoms with Crippen molar-refractivity contribution in [1.82, 2.24) is 5.32 Å². The van der Waals surface area contributed by atoms with E-state index in [1.807, 2.05) is 18.2 Å². The molecule has 0 fully saturated rings. The molecule has 28 heavy (non-hydrogen) atoms. The van der Waals surface area contributed by atoms with Gasteiger partial charge in [0.1, 0.15) is 5.56 Å². The van der Waals surface area contributed by atoms with Crippen molar-refractivity contribution in [3.63, 3.8) is 0 Å². The molecule has 0 radical (unpaired) electrons. The molecule has 6 nitrogen and oxygen atoms in total. The lowest BCUT2D eigenvalue weighted by atomic mass is 9.87. The maximum atomic E-state index is 12.6. The average molecular weight is 383 g/mol. The molecule has 6 heteroatoms. The number of aryl methyl sites for hydroxylation is 1. The Labute approximate surface area is 164 Å². The first-order valence-electron chi connectivity index (χ1n) is 9.35. The maximum Gasteiger partial charge on any atom is 0.342 e. The van der Waals surface area contributed by atoms with Crippen LogP contribution in [0.5, 0.6) is 11.5 Å². The van der Waals surface area contributed by atoms with Gasteiger partial charge < -0.3 is 19.5 Å². The number of para-hydroxylation sites is 1. The van der Waals surface area contributed by atoms with E-state index >= 15 is 0 Å². The molecule has 2 aromatic rings. The quantitative estimate of drug-likeness (QED) is 0.774. The monoisotopic (exact) mass is 383 g/mol. The van der Waals surface area contributed by atoms with Gasteiger partial charge in [0.15, 0.2) is 17.6 Å². The minimum atomic E-state index is -0.933. The summed E-state index contributed by atoms with van der Waals surface area (Å²) in [6.07, 6.45) is 1.96. The molecule has 0 heterocycles. The van der Waals surface area contributed by atoms with Crippen molar-refractivity contribution in [2.75, 3.05) is 14.2 Å². The van der Waals surface area contributed by atoms with Crippen LogP contribution in [0.3, 0.4) is 0 Å². The van der Waals surface area contributed by atoms with Crippen LogP contribution in [-0.4, -0.2) is 32.2 Å². The third kappa shape index (κ3) is 4.11. The highest BCUT2D eigenvalue weighted by Gasteiger charge is 2.27. The van der Waals surface area contributed by atoms with E-state index in [0.717, 1.165) is 24.8 Å². The highest BCUT2D eigenvalue weighted by Crippen LogP contribution is 2.32. The van der Waals surface area contributed by atoms with Crippen molar-refractivity contribution in [2.45, 2.75) is 38.3 Å². The summed E-state index contributed by atoms with van der Waals surface area (Å²) in [6.45, 7) is 1.56. The lowest BCUT2D eigenvalue weighted by Crippen LogP contribution is -2.39. The maximum absolute atomic E-state index is 12.6. The second-order valence-corrected chi connectivity index (χ2v) is 6.74. The van der Waals surface area contributed by atoms with Crippen molar-refractivity contribution in [1.29, 1.82) is 0 Å². The standard InChI is InChI=1S/C22H25NO5/c1-14(28-22(25)17-11-7-13-19(26-2)20(17)27-3)21(24)23-18-12-6-9-15-8-4-5-10-16(15)18/h4-5,7-8,10-11,13-14,18H,6,9,12H2,1-3H3,(H,23,24)/t14-,18+/m1/s1. The van der Waals surface area contributed by atoms with Crippen LogP contribution in [0.15, 0.2) is 42.5 Å². The molecule has 0 bridgehead atoms. The summed E-state index contributed by atoms with van der Waals surface area (Å²) in [5.74, 6) is -0.254. The summed E-state index contributed by atoms with van der Waals surface area (Å²) in [7, 11) is 2.94. The highest BCUT2D eigenvalue weighted by molar-refractivity contribution is 5.95. The van der Waals surface area contributed by atoms with E-state index in [9.17, 15) is 9.59 Å². The number of esters is 1. The molecule has 1 amide bonds. The van der Waals surface area contributed by atoms with Crippen LogP contribution in [0.2, 0.25) is 0 Å². The van der Waals surface area contributed by atoms with Gasteiger partial charge in [0.2, 0.25) is 0 Å². The Hall–Kier alpha value is -3.02. The zero-order valence-electron chi connectivity index (χ0n) is 16.4. The van der Waals surface area contributed by atoms with Crippen LogP contribution < -0.4 is 14.8 Å². The molecule has 0 aliphatic heterocycles. The zero-order chi connectivity index (χ0) is 20.1. The van der Waals surface area contributed by atoms with E-state index in [4.69, 9.17) is 14.2 Å². The molecule has 0 saturated heterocycles. The smallest absolute Gasteiger partial charge is 0.342 e. The fourth-order valence-corrected chi connectivity index (χ4v) is 3.52. The highest BCUT2D eigenvalue weighted by atomic mass is 16.6. The van der Waals surface area contributed by atoms with E-state index in [1.165, 1.54) is 19.8 Å². The number of fused-ring (bicyclic) bond motifs is 1. The molecule has 1 N–H and O–H groups in total. The number of carbonyl (C=O) groups is 2. The van der Waals surface area contributed by atoms with Gasteiger partial charge in [0.05, 0.1) is 20.3 Å². The second kappa shape index (κ2) is 8.78. The van der Waals surface area contributed by atoms with Gasteiger partial charge >= 0.3 is 5.97 Å². The SMILES string of the molecule is COc1cccc(C(=O)O[C@H](C)C(=O)N[C@H]2CCCc3ccccc32)c1OC. The second-order valence-electron chi connectivity index (χ2n) is 6.74. The first-order valence-corrected chi connectivity index (χ1v) is 9.35. The molecule has 1 aliphatic carbocycles. The summed E-state index contributed by atoms with van der Waals surface area (Å²) in [4.78, 5) is 25.2. The molecule has 0 spiro atoms. The number of carbonyl (C=O) groups excluding carboxylic acids is 2. The normalized spacial score (nSPS) is 16.5. The molecule has 1 aliphatic rings. The Bertz CT molecular complexity index is 864. The molecule has 148 valence electrons. The van der Waals surface area contributed by atoms with Gasteiger partial charge in [0.25, 0.3) is 5.91 Å². The Morgan fingerprint density at radius 3 is 2.61 bits per heavy atom. The van der Waals surface area contributed by atoms with E-state index in [-0.39, 0.29) is 23.3 Å². The predicted molar refractivity (Wildman–Crippen MR) is 105 cm³/mol. The molecular formula is C22H25NO5. The van der Waals surface area contributed by atoms with Gasteiger partial charge in [-0.3, -0.25) is 4.79 Å². The van der Waals surface area contributed by atoms with E-state index < -0.39 is 12.1 Å². The third-order valence-corrected chi connectivity index (χ3v) is 4.96. The van der Waals surface area contributed by atoms with Crippen LogP contribution in [-0.2, 0) is 16.0 Å². The number of benzene rings is 2. The van der Waals surface area contributed by atoms with Crippen molar-refractivity contribution < 1.29 is 23.8 Å². The zero-order valence-corrected chi connectivity index (χ0v) is 16.4. The van der Waals surface area contributed by atoms with Crippen molar-refractivity contribution >= 4 is 11.9 Å². The Kier molecular flexibility index (Phi) is 6.19. The number of hydrogen-bond donors (Lipinski definition) is 1.